The first-order valence-corrected chi connectivity index (χ1v) is 7.39. The van der Waals surface area contributed by atoms with Crippen molar-refractivity contribution in [1.82, 2.24) is 15.5 Å². The van der Waals surface area contributed by atoms with E-state index in [4.69, 9.17) is 0 Å². The standard InChI is InChI=1S/C14H17N3OS/c1-2-3-8-15-13(18)10-19-14-12-7-5-4-6-11(12)9-16-17-14/h4-7,9H,2-3,8,10H2,1H3,(H,15,18). The van der Waals surface area contributed by atoms with Crippen molar-refractivity contribution in [2.45, 2.75) is 24.8 Å². The fraction of sp³-hybridized carbons (Fsp3) is 0.357. The van der Waals surface area contributed by atoms with E-state index in [1.54, 1.807) is 6.20 Å². The number of carbonyl (C=O) groups excluding carboxylic acids is 1. The highest BCUT2D eigenvalue weighted by Crippen LogP contribution is 2.24. The molecule has 1 aromatic carbocycles. The number of rotatable bonds is 6. The summed E-state index contributed by atoms with van der Waals surface area (Å²) in [4.78, 5) is 11.6. The Balaban J connectivity index is 1.96. The molecule has 0 saturated carbocycles. The van der Waals surface area contributed by atoms with Gasteiger partial charge >= 0.3 is 0 Å². The van der Waals surface area contributed by atoms with E-state index in [1.807, 2.05) is 24.3 Å². The molecule has 0 bridgehead atoms. The summed E-state index contributed by atoms with van der Waals surface area (Å²) in [6.07, 6.45) is 3.84. The minimum absolute atomic E-state index is 0.0492. The summed E-state index contributed by atoms with van der Waals surface area (Å²) in [6.45, 7) is 2.85. The second-order valence-electron chi connectivity index (χ2n) is 4.23. The summed E-state index contributed by atoms with van der Waals surface area (Å²) in [5, 5.41) is 13.9. The van der Waals surface area contributed by atoms with Crippen molar-refractivity contribution in [1.29, 1.82) is 0 Å². The Morgan fingerprint density at radius 1 is 1.37 bits per heavy atom. The quantitative estimate of drug-likeness (QED) is 0.650. The van der Waals surface area contributed by atoms with Crippen LogP contribution >= 0.6 is 11.8 Å². The van der Waals surface area contributed by atoms with Gasteiger partial charge in [0.25, 0.3) is 0 Å². The Hall–Kier alpha value is -1.62. The lowest BCUT2D eigenvalue weighted by molar-refractivity contribution is -0.118. The summed E-state index contributed by atoms with van der Waals surface area (Å²) >= 11 is 1.43. The summed E-state index contributed by atoms with van der Waals surface area (Å²) in [5.41, 5.74) is 0. The van der Waals surface area contributed by atoms with Crippen LogP contribution in [-0.4, -0.2) is 28.4 Å². The first kappa shape index (κ1) is 13.8. The predicted octanol–water partition coefficient (Wildman–Crippen LogP) is 2.64. The van der Waals surface area contributed by atoms with Crippen LogP contribution in [0.4, 0.5) is 0 Å². The fourth-order valence-electron chi connectivity index (χ4n) is 1.70. The van der Waals surface area contributed by atoms with Crippen LogP contribution in [0.2, 0.25) is 0 Å². The van der Waals surface area contributed by atoms with Crippen molar-refractivity contribution in [2.75, 3.05) is 12.3 Å². The van der Waals surface area contributed by atoms with Gasteiger partial charge in [-0.3, -0.25) is 4.79 Å². The number of aromatic nitrogens is 2. The zero-order chi connectivity index (χ0) is 13.5. The Morgan fingerprint density at radius 3 is 3.05 bits per heavy atom. The summed E-state index contributed by atoms with van der Waals surface area (Å²) in [5.74, 6) is 0.431. The summed E-state index contributed by atoms with van der Waals surface area (Å²) in [7, 11) is 0. The lowest BCUT2D eigenvalue weighted by Gasteiger charge is -2.05. The minimum atomic E-state index is 0.0492. The minimum Gasteiger partial charge on any atom is -0.355 e. The van der Waals surface area contributed by atoms with Crippen molar-refractivity contribution in [3.05, 3.63) is 30.5 Å². The van der Waals surface area contributed by atoms with Crippen LogP contribution in [0.25, 0.3) is 10.8 Å². The van der Waals surface area contributed by atoms with Gasteiger partial charge in [0, 0.05) is 17.3 Å². The first-order chi connectivity index (χ1) is 9.31. The van der Waals surface area contributed by atoms with Gasteiger partial charge in [-0.15, -0.1) is 5.10 Å². The van der Waals surface area contributed by atoms with Crippen LogP contribution < -0.4 is 5.32 Å². The van der Waals surface area contributed by atoms with Crippen molar-refractivity contribution >= 4 is 28.4 Å². The molecule has 0 aliphatic carbocycles. The number of thioether (sulfide) groups is 1. The SMILES string of the molecule is CCCCNC(=O)CSc1nncc2ccccc12. The topological polar surface area (TPSA) is 54.9 Å². The highest BCUT2D eigenvalue weighted by molar-refractivity contribution is 8.00. The molecule has 100 valence electrons. The van der Waals surface area contributed by atoms with Crippen LogP contribution in [0.3, 0.4) is 0 Å². The fourth-order valence-corrected chi connectivity index (χ4v) is 2.51. The molecule has 0 unspecified atom stereocenters. The molecule has 2 rings (SSSR count). The number of amides is 1. The highest BCUT2D eigenvalue weighted by atomic mass is 32.2. The van der Waals surface area contributed by atoms with Crippen LogP contribution in [0, 0.1) is 0 Å². The molecule has 0 fully saturated rings. The number of benzene rings is 1. The van der Waals surface area contributed by atoms with Crippen molar-refractivity contribution in [3.8, 4) is 0 Å². The van der Waals surface area contributed by atoms with Crippen molar-refractivity contribution in [2.24, 2.45) is 0 Å². The average molecular weight is 275 g/mol. The maximum absolute atomic E-state index is 11.6. The van der Waals surface area contributed by atoms with Gasteiger partial charge in [-0.25, -0.2) is 0 Å². The third-order valence-electron chi connectivity index (χ3n) is 2.73. The number of hydrogen-bond donors (Lipinski definition) is 1. The molecular formula is C14H17N3OS. The molecule has 0 radical (unpaired) electrons. The van der Waals surface area contributed by atoms with Crippen LogP contribution in [-0.2, 0) is 4.79 Å². The van der Waals surface area contributed by atoms with Gasteiger partial charge in [-0.05, 0) is 6.42 Å². The summed E-state index contributed by atoms with van der Waals surface area (Å²) in [6, 6.07) is 7.93. The van der Waals surface area contributed by atoms with Crippen LogP contribution in [0.1, 0.15) is 19.8 Å². The van der Waals surface area contributed by atoms with Gasteiger partial charge in [-0.1, -0.05) is 49.4 Å². The predicted molar refractivity (Wildman–Crippen MR) is 78.2 cm³/mol. The summed E-state index contributed by atoms with van der Waals surface area (Å²) < 4.78 is 0. The molecule has 1 amide bonds. The molecule has 0 aliphatic rings. The monoisotopic (exact) mass is 275 g/mol. The van der Waals surface area contributed by atoms with E-state index < -0.39 is 0 Å². The van der Waals surface area contributed by atoms with E-state index in [1.165, 1.54) is 11.8 Å². The van der Waals surface area contributed by atoms with Gasteiger partial charge in [-0.2, -0.15) is 5.10 Å². The number of fused-ring (bicyclic) bond motifs is 1. The van der Waals surface area contributed by atoms with E-state index in [9.17, 15) is 4.79 Å². The molecule has 1 N–H and O–H groups in total. The lowest BCUT2D eigenvalue weighted by Crippen LogP contribution is -2.26. The zero-order valence-electron chi connectivity index (χ0n) is 10.9. The molecule has 5 heteroatoms. The number of unbranched alkanes of at least 4 members (excludes halogenated alkanes) is 1. The van der Waals surface area contributed by atoms with Gasteiger partial charge in [0.15, 0.2) is 0 Å². The molecule has 1 heterocycles. The number of nitrogens with one attached hydrogen (secondary N) is 1. The van der Waals surface area contributed by atoms with E-state index in [0.717, 1.165) is 35.2 Å². The molecule has 4 nitrogen and oxygen atoms in total. The molecule has 1 aromatic heterocycles. The van der Waals surface area contributed by atoms with E-state index in [0.29, 0.717) is 5.75 Å². The normalized spacial score (nSPS) is 10.6. The molecule has 0 aliphatic heterocycles. The maximum atomic E-state index is 11.6. The maximum Gasteiger partial charge on any atom is 0.230 e. The molecule has 0 spiro atoms. The largest absolute Gasteiger partial charge is 0.355 e. The molecule has 0 atom stereocenters. The van der Waals surface area contributed by atoms with E-state index >= 15 is 0 Å². The second-order valence-corrected chi connectivity index (χ2v) is 5.19. The highest BCUT2D eigenvalue weighted by Gasteiger charge is 2.07. The van der Waals surface area contributed by atoms with E-state index in [2.05, 4.69) is 22.4 Å². The molecule has 0 saturated heterocycles. The van der Waals surface area contributed by atoms with Gasteiger partial charge in [0.05, 0.1) is 11.9 Å². The third-order valence-corrected chi connectivity index (χ3v) is 3.71. The molecule has 19 heavy (non-hydrogen) atoms. The lowest BCUT2D eigenvalue weighted by atomic mass is 10.2. The van der Waals surface area contributed by atoms with Crippen LogP contribution in [0.5, 0.6) is 0 Å². The third kappa shape index (κ3) is 3.92. The van der Waals surface area contributed by atoms with Crippen molar-refractivity contribution in [3.63, 3.8) is 0 Å². The Bertz CT molecular complexity index is 554. The Morgan fingerprint density at radius 2 is 2.21 bits per heavy atom. The Kier molecular flexibility index (Phi) is 5.15. The number of hydrogen-bond acceptors (Lipinski definition) is 4. The van der Waals surface area contributed by atoms with Crippen LogP contribution in [0.15, 0.2) is 35.5 Å². The number of carbonyl (C=O) groups is 1. The molecular weight excluding hydrogens is 258 g/mol. The smallest absolute Gasteiger partial charge is 0.230 e. The van der Waals surface area contributed by atoms with Crippen molar-refractivity contribution < 1.29 is 4.79 Å². The Labute approximate surface area is 117 Å². The first-order valence-electron chi connectivity index (χ1n) is 6.41. The number of nitrogens with zero attached hydrogens (tertiary/aromatic N) is 2. The average Bonchev–Trinajstić information content (AvgIpc) is 2.45. The van der Waals surface area contributed by atoms with Gasteiger partial charge < -0.3 is 5.32 Å². The zero-order valence-corrected chi connectivity index (χ0v) is 11.7. The van der Waals surface area contributed by atoms with Gasteiger partial charge in [0.2, 0.25) is 5.91 Å². The van der Waals surface area contributed by atoms with Gasteiger partial charge in [0.1, 0.15) is 5.03 Å². The van der Waals surface area contributed by atoms with E-state index in [-0.39, 0.29) is 5.91 Å². The molecule has 2 aromatic rings. The second kappa shape index (κ2) is 7.09.